The van der Waals surface area contributed by atoms with Crippen molar-refractivity contribution in [3.05, 3.63) is 33.7 Å². The van der Waals surface area contributed by atoms with E-state index >= 15 is 0 Å². The molecule has 0 saturated carbocycles. The number of hydrogen-bond donors (Lipinski definition) is 5. The molecule has 2 rings (SSSR count). The number of hydrogen-bond acceptors (Lipinski definition) is 7. The highest BCUT2D eigenvalue weighted by atomic mass is 32.2. The number of nitrogens with one attached hydrogen (secondary N) is 1. The van der Waals surface area contributed by atoms with Crippen LogP contribution in [-0.2, 0) is 15.6 Å². The van der Waals surface area contributed by atoms with E-state index in [2.05, 4.69) is 10.3 Å². The number of aromatic hydroxyl groups is 1. The molecule has 166 valence electrons. The molecule has 0 aliphatic carbocycles. The van der Waals surface area contributed by atoms with E-state index in [1.54, 1.807) is 6.08 Å². The molecule has 0 atom stereocenters. The van der Waals surface area contributed by atoms with Crippen LogP contribution in [0, 0.1) is 0 Å². The fraction of sp³-hybridized carbons (Fsp3) is 0.545. The lowest BCUT2D eigenvalue weighted by Gasteiger charge is -2.29. The lowest BCUT2D eigenvalue weighted by Crippen LogP contribution is -2.56. The van der Waals surface area contributed by atoms with Crippen molar-refractivity contribution >= 4 is 28.9 Å². The van der Waals surface area contributed by atoms with Gasteiger partial charge in [-0.1, -0.05) is 41.5 Å². The van der Waals surface area contributed by atoms with E-state index in [-0.39, 0.29) is 21.7 Å². The first kappa shape index (κ1) is 24.4. The largest absolute Gasteiger partial charge is 0.507 e. The van der Waals surface area contributed by atoms with E-state index in [0.717, 1.165) is 28.5 Å². The first-order valence-corrected chi connectivity index (χ1v) is 10.6. The van der Waals surface area contributed by atoms with E-state index in [0.29, 0.717) is 4.91 Å². The number of carbonyl (C=O) groups is 1. The summed E-state index contributed by atoms with van der Waals surface area (Å²) < 4.78 is 0. The molecule has 0 radical (unpaired) electrons. The van der Waals surface area contributed by atoms with E-state index in [4.69, 9.17) is 0 Å². The van der Waals surface area contributed by atoms with Crippen molar-refractivity contribution in [3.63, 3.8) is 0 Å². The third-order valence-corrected chi connectivity index (χ3v) is 5.85. The first-order chi connectivity index (χ1) is 13.8. The van der Waals surface area contributed by atoms with Crippen LogP contribution in [0.25, 0.3) is 6.08 Å². The summed E-state index contributed by atoms with van der Waals surface area (Å²) in [5, 5.41) is 42.2. The van der Waals surface area contributed by atoms with Crippen LogP contribution >= 0.6 is 11.8 Å². The molecule has 1 aromatic rings. The average molecular weight is 437 g/mol. The van der Waals surface area contributed by atoms with Crippen molar-refractivity contribution in [2.75, 3.05) is 19.8 Å². The van der Waals surface area contributed by atoms with Gasteiger partial charge in [0.2, 0.25) is 0 Å². The molecule has 1 aliphatic heterocycles. The van der Waals surface area contributed by atoms with Crippen LogP contribution < -0.4 is 5.32 Å². The summed E-state index contributed by atoms with van der Waals surface area (Å²) in [5.74, 6) is -0.187. The zero-order valence-corrected chi connectivity index (χ0v) is 19.2. The Labute approximate surface area is 181 Å². The zero-order chi connectivity index (χ0) is 22.9. The standard InChI is InChI=1S/C22H32N2O5S/c1-20(2,3)14-7-13(8-15(17(14)28)21(4,5)6)9-16-18(29)23-19(30-16)24-22(10-25,11-26)12-27/h7-9,25-28H,10-12H2,1-6H3,(H,23,24,29)/b16-9-. The average Bonchev–Trinajstić information content (AvgIpc) is 2.98. The van der Waals surface area contributed by atoms with Gasteiger partial charge in [0, 0.05) is 11.1 Å². The van der Waals surface area contributed by atoms with Crippen LogP contribution in [0.5, 0.6) is 5.75 Å². The van der Waals surface area contributed by atoms with Crippen molar-refractivity contribution < 1.29 is 25.2 Å². The smallest absolute Gasteiger partial charge is 0.286 e. The van der Waals surface area contributed by atoms with Crippen LogP contribution in [0.1, 0.15) is 58.2 Å². The molecule has 0 spiro atoms. The molecule has 30 heavy (non-hydrogen) atoms. The molecule has 0 unspecified atom stereocenters. The zero-order valence-electron chi connectivity index (χ0n) is 18.4. The van der Waals surface area contributed by atoms with Crippen molar-refractivity contribution in [2.24, 2.45) is 4.99 Å². The number of aliphatic imine (C=N–C) groups is 1. The molecule has 8 heteroatoms. The van der Waals surface area contributed by atoms with Gasteiger partial charge in [-0.25, -0.2) is 0 Å². The summed E-state index contributed by atoms with van der Waals surface area (Å²) in [6.45, 7) is 10.6. The summed E-state index contributed by atoms with van der Waals surface area (Å²) in [6, 6.07) is 3.74. The van der Waals surface area contributed by atoms with E-state index in [1.165, 1.54) is 0 Å². The van der Waals surface area contributed by atoms with Crippen LogP contribution in [-0.4, -0.2) is 56.9 Å². The Balaban J connectivity index is 2.43. The van der Waals surface area contributed by atoms with Gasteiger partial charge in [-0.2, -0.15) is 4.99 Å². The maximum Gasteiger partial charge on any atom is 0.286 e. The SMILES string of the molecule is CC(C)(C)c1cc(/C=C2\SC(NC(CO)(CO)CO)=NC2=O)cc(C(C)(C)C)c1O. The third-order valence-electron chi connectivity index (χ3n) is 4.95. The molecule has 0 bridgehead atoms. The summed E-state index contributed by atoms with van der Waals surface area (Å²) in [4.78, 5) is 16.7. The molecule has 1 amide bonds. The normalized spacial score (nSPS) is 16.9. The monoisotopic (exact) mass is 436 g/mol. The van der Waals surface area contributed by atoms with Crippen molar-refractivity contribution in [3.8, 4) is 5.75 Å². The van der Waals surface area contributed by atoms with Crippen molar-refractivity contribution in [1.82, 2.24) is 5.32 Å². The second-order valence-corrected chi connectivity index (χ2v) is 10.7. The Hall–Kier alpha value is -1.87. The van der Waals surface area contributed by atoms with Gasteiger partial charge in [0.1, 0.15) is 11.3 Å². The topological polar surface area (TPSA) is 122 Å². The fourth-order valence-corrected chi connectivity index (χ4v) is 3.93. The molecular weight excluding hydrogens is 404 g/mol. The molecule has 7 nitrogen and oxygen atoms in total. The maximum absolute atomic E-state index is 12.4. The van der Waals surface area contributed by atoms with Crippen LogP contribution in [0.4, 0.5) is 0 Å². The number of rotatable bonds is 5. The Kier molecular flexibility index (Phi) is 7.08. The van der Waals surface area contributed by atoms with E-state index in [1.807, 2.05) is 53.7 Å². The van der Waals surface area contributed by atoms with Gasteiger partial charge in [0.15, 0.2) is 5.17 Å². The number of nitrogens with zero attached hydrogens (tertiary/aromatic N) is 1. The number of amidine groups is 1. The summed E-state index contributed by atoms with van der Waals surface area (Å²) in [5.41, 5.74) is 0.397. The lowest BCUT2D eigenvalue weighted by atomic mass is 9.78. The number of carbonyl (C=O) groups excluding carboxylic acids is 1. The van der Waals surface area contributed by atoms with Crippen molar-refractivity contribution in [2.45, 2.75) is 57.9 Å². The molecule has 0 fully saturated rings. The quantitative estimate of drug-likeness (QED) is 0.449. The maximum atomic E-state index is 12.4. The number of aliphatic hydroxyl groups excluding tert-OH is 3. The van der Waals surface area contributed by atoms with Gasteiger partial charge >= 0.3 is 0 Å². The van der Waals surface area contributed by atoms with Gasteiger partial charge in [0.05, 0.1) is 24.7 Å². The second-order valence-electron chi connectivity index (χ2n) is 9.68. The van der Waals surface area contributed by atoms with Crippen molar-refractivity contribution in [1.29, 1.82) is 0 Å². The minimum atomic E-state index is -1.36. The number of phenolic OH excluding ortho intramolecular Hbond substituents is 1. The molecule has 5 N–H and O–H groups in total. The van der Waals surface area contributed by atoms with Crippen LogP contribution in [0.15, 0.2) is 22.0 Å². The molecule has 0 saturated heterocycles. The number of aliphatic hydroxyl groups is 3. The second kappa shape index (κ2) is 8.70. The Morgan fingerprint density at radius 2 is 1.43 bits per heavy atom. The van der Waals surface area contributed by atoms with Crippen LogP contribution in [0.2, 0.25) is 0 Å². The van der Waals surface area contributed by atoms with E-state index in [9.17, 15) is 25.2 Å². The highest BCUT2D eigenvalue weighted by Gasteiger charge is 2.33. The Morgan fingerprint density at radius 1 is 0.967 bits per heavy atom. The predicted molar refractivity (Wildman–Crippen MR) is 121 cm³/mol. The number of thioether (sulfide) groups is 1. The third kappa shape index (κ3) is 5.24. The van der Waals surface area contributed by atoms with Gasteiger partial charge in [0.25, 0.3) is 5.91 Å². The molecular formula is C22H32N2O5S. The highest BCUT2D eigenvalue weighted by molar-refractivity contribution is 8.18. The molecule has 1 aromatic carbocycles. The number of benzene rings is 1. The number of phenols is 1. The highest BCUT2D eigenvalue weighted by Crippen LogP contribution is 2.40. The van der Waals surface area contributed by atoms with Gasteiger partial charge in [-0.15, -0.1) is 0 Å². The van der Waals surface area contributed by atoms with Gasteiger partial charge in [-0.05, 0) is 46.4 Å². The van der Waals surface area contributed by atoms with E-state index < -0.39 is 31.3 Å². The predicted octanol–water partition coefficient (Wildman–Crippen LogP) is 2.26. The first-order valence-electron chi connectivity index (χ1n) is 9.77. The van der Waals surface area contributed by atoms with Gasteiger partial charge in [-0.3, -0.25) is 4.79 Å². The Morgan fingerprint density at radius 3 is 1.83 bits per heavy atom. The number of amides is 1. The molecule has 0 aromatic heterocycles. The fourth-order valence-electron chi connectivity index (χ4n) is 2.99. The lowest BCUT2D eigenvalue weighted by molar-refractivity contribution is -0.113. The molecule has 1 heterocycles. The Bertz CT molecular complexity index is 831. The minimum Gasteiger partial charge on any atom is -0.507 e. The van der Waals surface area contributed by atoms with Crippen LogP contribution in [0.3, 0.4) is 0 Å². The minimum absolute atomic E-state index is 0.203. The van der Waals surface area contributed by atoms with Gasteiger partial charge < -0.3 is 25.7 Å². The summed E-state index contributed by atoms with van der Waals surface area (Å²) in [6.07, 6.45) is 1.72. The summed E-state index contributed by atoms with van der Waals surface area (Å²) in [7, 11) is 0. The molecule has 1 aliphatic rings. The summed E-state index contributed by atoms with van der Waals surface area (Å²) >= 11 is 1.07.